The van der Waals surface area contributed by atoms with Gasteiger partial charge in [0.1, 0.15) is 6.61 Å². The first-order valence-electron chi connectivity index (χ1n) is 12.0. The fourth-order valence-corrected chi connectivity index (χ4v) is 7.83. The van der Waals surface area contributed by atoms with Gasteiger partial charge in [-0.2, -0.15) is 4.98 Å². The zero-order valence-corrected chi connectivity index (χ0v) is 18.8. The molecule has 166 valence electrons. The molecule has 4 aliphatic rings. The first kappa shape index (κ1) is 20.5. The molecule has 6 nitrogen and oxygen atoms in total. The lowest BCUT2D eigenvalue weighted by Crippen LogP contribution is -2.54. The zero-order chi connectivity index (χ0) is 20.9. The number of hydrogen-bond donors (Lipinski definition) is 1. The predicted molar refractivity (Wildman–Crippen MR) is 114 cm³/mol. The molecule has 6 heteroatoms. The van der Waals surface area contributed by atoms with Crippen LogP contribution in [0.3, 0.4) is 0 Å². The molecule has 1 N–H and O–H groups in total. The van der Waals surface area contributed by atoms with E-state index in [4.69, 9.17) is 9.36 Å². The van der Waals surface area contributed by atoms with Crippen LogP contribution in [0.2, 0.25) is 0 Å². The number of aliphatic hydroxyl groups excluding tert-OH is 1. The summed E-state index contributed by atoms with van der Waals surface area (Å²) >= 11 is 0. The van der Waals surface area contributed by atoms with Crippen molar-refractivity contribution in [1.29, 1.82) is 0 Å². The van der Waals surface area contributed by atoms with Crippen molar-refractivity contribution in [2.24, 2.45) is 39.7 Å². The highest BCUT2D eigenvalue weighted by Gasteiger charge is 2.59. The third kappa shape index (κ3) is 3.30. The molecule has 1 aromatic rings. The number of hydrogen-bond acceptors (Lipinski definition) is 6. The second kappa shape index (κ2) is 7.61. The summed E-state index contributed by atoms with van der Waals surface area (Å²) in [6, 6.07) is 0. The Balaban J connectivity index is 1.21. The molecule has 1 heterocycles. The average molecular weight is 416 g/mol. The molecule has 30 heavy (non-hydrogen) atoms. The normalized spacial score (nSPS) is 44.4. The Morgan fingerprint density at radius 2 is 1.93 bits per heavy atom. The summed E-state index contributed by atoms with van der Waals surface area (Å²) in [5, 5.41) is 18.9. The van der Waals surface area contributed by atoms with Crippen LogP contribution in [-0.2, 0) is 11.3 Å². The lowest BCUT2D eigenvalue weighted by molar-refractivity contribution is -0.112. The fraction of sp³-hybridized carbons (Fsp3) is 0.875. The Bertz CT molecular complexity index is 807. The molecule has 7 unspecified atom stereocenters. The molecule has 0 spiro atoms. The van der Waals surface area contributed by atoms with Crippen LogP contribution in [0.5, 0.6) is 0 Å². The summed E-state index contributed by atoms with van der Waals surface area (Å²) in [7, 11) is 0. The minimum Gasteiger partial charge on any atom is -0.395 e. The Morgan fingerprint density at radius 1 is 1.10 bits per heavy atom. The van der Waals surface area contributed by atoms with E-state index in [9.17, 15) is 5.11 Å². The molecule has 5 rings (SSSR count). The number of rotatable bonds is 4. The highest BCUT2D eigenvalue weighted by molar-refractivity contribution is 5.85. The molecule has 0 aliphatic heterocycles. The molecule has 0 amide bonds. The summed E-state index contributed by atoms with van der Waals surface area (Å²) in [5.74, 6) is 4.37. The second-order valence-corrected chi connectivity index (χ2v) is 11.0. The quantitative estimate of drug-likeness (QED) is 0.570. The van der Waals surface area contributed by atoms with Gasteiger partial charge in [0.25, 0.3) is 0 Å². The Labute approximate surface area is 179 Å². The number of fused-ring (bicyclic) bond motifs is 5. The van der Waals surface area contributed by atoms with E-state index in [-0.39, 0.29) is 11.5 Å². The van der Waals surface area contributed by atoms with E-state index in [1.54, 1.807) is 0 Å². The van der Waals surface area contributed by atoms with Crippen LogP contribution in [-0.4, -0.2) is 33.7 Å². The highest BCUT2D eigenvalue weighted by atomic mass is 16.6. The summed E-state index contributed by atoms with van der Waals surface area (Å²) < 4.78 is 5.13. The van der Waals surface area contributed by atoms with Crippen molar-refractivity contribution in [3.8, 4) is 0 Å². The molecular weight excluding hydrogens is 378 g/mol. The van der Waals surface area contributed by atoms with Crippen molar-refractivity contribution in [1.82, 2.24) is 10.1 Å². The lowest BCUT2D eigenvalue weighted by Gasteiger charge is -2.60. The Morgan fingerprint density at radius 3 is 2.73 bits per heavy atom. The van der Waals surface area contributed by atoms with Gasteiger partial charge in [-0.05, 0) is 99.2 Å². The number of aryl methyl sites for hydroxylation is 1. The van der Waals surface area contributed by atoms with E-state index in [2.05, 4.69) is 29.1 Å². The molecular formula is C24H37N3O3. The smallest absolute Gasteiger partial charge is 0.230 e. The molecule has 1 aromatic heterocycles. The maximum atomic E-state index is 10.6. The fourth-order valence-electron chi connectivity index (χ4n) is 7.83. The molecule has 4 fully saturated rings. The molecule has 0 aromatic carbocycles. The average Bonchev–Trinajstić information content (AvgIpc) is 3.28. The van der Waals surface area contributed by atoms with Crippen LogP contribution < -0.4 is 0 Å². The summed E-state index contributed by atoms with van der Waals surface area (Å²) in [5.41, 5.74) is 1.84. The van der Waals surface area contributed by atoms with Gasteiger partial charge in [-0.15, -0.1) is 0 Å². The van der Waals surface area contributed by atoms with E-state index in [0.717, 1.165) is 42.9 Å². The highest BCUT2D eigenvalue weighted by Crippen LogP contribution is 2.65. The standard InChI is InChI=1S/C24H37N3O3/c1-15-25-22(30-26-15)10-13-29-27-17-8-11-23(2)16(14-17)4-5-18-19-6-7-21(28)24(19,3)12-9-20(18)23/h16,18-21,28H,4-14H2,1-3H3. The van der Waals surface area contributed by atoms with Crippen LogP contribution in [0.15, 0.2) is 9.68 Å². The molecule has 0 radical (unpaired) electrons. The van der Waals surface area contributed by atoms with Crippen molar-refractivity contribution in [3.63, 3.8) is 0 Å². The Hall–Kier alpha value is -1.43. The van der Waals surface area contributed by atoms with Gasteiger partial charge in [0.2, 0.25) is 5.89 Å². The van der Waals surface area contributed by atoms with Crippen molar-refractivity contribution < 1.29 is 14.5 Å². The minimum atomic E-state index is -0.0766. The van der Waals surface area contributed by atoms with Gasteiger partial charge < -0.3 is 14.5 Å². The molecule has 0 saturated heterocycles. The van der Waals surface area contributed by atoms with E-state index in [0.29, 0.717) is 30.2 Å². The first-order valence-corrected chi connectivity index (χ1v) is 12.0. The molecule has 0 bridgehead atoms. The van der Waals surface area contributed by atoms with E-state index in [1.807, 2.05) is 6.92 Å². The van der Waals surface area contributed by atoms with Crippen molar-refractivity contribution >= 4 is 5.71 Å². The molecule has 4 aliphatic carbocycles. The van der Waals surface area contributed by atoms with Gasteiger partial charge in [-0.3, -0.25) is 0 Å². The minimum absolute atomic E-state index is 0.0766. The zero-order valence-electron chi connectivity index (χ0n) is 18.8. The topological polar surface area (TPSA) is 80.7 Å². The number of nitrogens with zero attached hydrogens (tertiary/aromatic N) is 3. The Kier molecular flexibility index (Phi) is 5.19. The summed E-state index contributed by atoms with van der Waals surface area (Å²) in [6.45, 7) is 7.25. The second-order valence-electron chi connectivity index (χ2n) is 11.0. The van der Waals surface area contributed by atoms with Gasteiger partial charge in [0.15, 0.2) is 5.82 Å². The van der Waals surface area contributed by atoms with E-state index >= 15 is 0 Å². The van der Waals surface area contributed by atoms with Crippen molar-refractivity contribution in [2.75, 3.05) is 6.61 Å². The van der Waals surface area contributed by atoms with Crippen LogP contribution in [0.4, 0.5) is 0 Å². The van der Waals surface area contributed by atoms with Crippen molar-refractivity contribution in [3.05, 3.63) is 11.7 Å². The largest absolute Gasteiger partial charge is 0.395 e. The maximum absolute atomic E-state index is 10.6. The third-order valence-corrected chi connectivity index (χ3v) is 9.62. The summed E-state index contributed by atoms with van der Waals surface area (Å²) in [4.78, 5) is 9.83. The number of aromatic nitrogens is 2. The molecule has 7 atom stereocenters. The monoisotopic (exact) mass is 415 g/mol. The van der Waals surface area contributed by atoms with Crippen LogP contribution in [0.1, 0.15) is 83.3 Å². The lowest BCUT2D eigenvalue weighted by atomic mass is 9.45. The van der Waals surface area contributed by atoms with Gasteiger partial charge in [0, 0.05) is 0 Å². The number of aliphatic hydroxyl groups is 1. The first-order chi connectivity index (χ1) is 14.4. The maximum Gasteiger partial charge on any atom is 0.230 e. The SMILES string of the molecule is Cc1noc(CCON=C2CCC3(C)C(CCC4C5CCC(O)C5(C)CCC43)C2)n1. The number of oxime groups is 1. The van der Waals surface area contributed by atoms with Crippen LogP contribution >= 0.6 is 0 Å². The van der Waals surface area contributed by atoms with Gasteiger partial charge in [-0.25, -0.2) is 0 Å². The third-order valence-electron chi connectivity index (χ3n) is 9.62. The van der Waals surface area contributed by atoms with E-state index in [1.165, 1.54) is 44.2 Å². The summed E-state index contributed by atoms with van der Waals surface area (Å²) in [6.07, 6.45) is 11.3. The van der Waals surface area contributed by atoms with Gasteiger partial charge >= 0.3 is 0 Å². The van der Waals surface area contributed by atoms with Crippen LogP contribution in [0, 0.1) is 41.4 Å². The van der Waals surface area contributed by atoms with Gasteiger partial charge in [-0.1, -0.05) is 24.2 Å². The van der Waals surface area contributed by atoms with E-state index < -0.39 is 0 Å². The van der Waals surface area contributed by atoms with Crippen molar-refractivity contribution in [2.45, 2.75) is 91.1 Å². The predicted octanol–water partition coefficient (Wildman–Crippen LogP) is 4.70. The molecule has 4 saturated carbocycles. The van der Waals surface area contributed by atoms with Crippen LogP contribution in [0.25, 0.3) is 0 Å². The van der Waals surface area contributed by atoms with Gasteiger partial charge in [0.05, 0.1) is 18.2 Å².